The molecule has 0 spiro atoms. The SMILES string of the molecule is BB.CO. The van der Waals surface area contributed by atoms with Crippen molar-refractivity contribution in [3.8, 4) is 0 Å². The van der Waals surface area contributed by atoms with Gasteiger partial charge in [-0.15, -0.1) is 0 Å². The van der Waals surface area contributed by atoms with Crippen LogP contribution in [0.2, 0.25) is 0 Å². The molecule has 0 heterocycles. The molecule has 0 rings (SSSR count). The zero-order valence-electron chi connectivity index (χ0n) is 3.45. The predicted molar refractivity (Wildman–Crippen MR) is 25.2 cm³/mol. The van der Waals surface area contributed by atoms with E-state index in [1.54, 1.807) is 0 Å². The van der Waals surface area contributed by atoms with Gasteiger partial charge in [-0.25, -0.2) is 0 Å². The van der Waals surface area contributed by atoms with E-state index in [4.69, 9.17) is 5.11 Å². The van der Waals surface area contributed by atoms with Gasteiger partial charge >= 0.3 is 0 Å². The highest BCUT2D eigenvalue weighted by atomic mass is 16.2. The first-order valence-corrected chi connectivity index (χ1v) is 1.45. The minimum absolute atomic E-state index is 1.00. The van der Waals surface area contributed by atoms with Gasteiger partial charge in [0.15, 0.2) is 0 Å². The Morgan fingerprint density at radius 2 is 1.25 bits per heavy atom. The highest BCUT2D eigenvalue weighted by molar-refractivity contribution is 6.75. The van der Waals surface area contributed by atoms with Crippen LogP contribution in [0.1, 0.15) is 0 Å². The summed E-state index contributed by atoms with van der Waals surface area (Å²) < 4.78 is 0. The monoisotopic (exact) mass is 58.1 g/mol. The normalized spacial score (nSPS) is 2.50. The third-order valence-electron chi connectivity index (χ3n) is 0. The third-order valence-corrected chi connectivity index (χ3v) is 0. The molecule has 0 amide bonds. The van der Waals surface area contributed by atoms with E-state index in [1.165, 1.54) is 0 Å². The fourth-order valence-electron chi connectivity index (χ4n) is 0. The molecule has 1 N–H and O–H groups in total. The van der Waals surface area contributed by atoms with Crippen LogP contribution in [0.3, 0.4) is 0 Å². The first kappa shape index (κ1) is 8.94. The molecule has 0 aliphatic carbocycles. The van der Waals surface area contributed by atoms with E-state index in [9.17, 15) is 0 Å². The van der Waals surface area contributed by atoms with Gasteiger partial charge < -0.3 is 5.11 Å². The van der Waals surface area contributed by atoms with Gasteiger partial charge in [-0.1, -0.05) is 0 Å². The van der Waals surface area contributed by atoms with E-state index in [-0.39, 0.29) is 0 Å². The van der Waals surface area contributed by atoms with Gasteiger partial charge in [-0.2, -0.15) is 0 Å². The number of aliphatic hydroxyl groups is 1. The van der Waals surface area contributed by atoms with Crippen molar-refractivity contribution in [1.82, 2.24) is 0 Å². The molecule has 0 aromatic carbocycles. The topological polar surface area (TPSA) is 20.2 Å². The van der Waals surface area contributed by atoms with Crippen molar-refractivity contribution in [2.24, 2.45) is 0 Å². The lowest BCUT2D eigenvalue weighted by Crippen LogP contribution is -1.38. The molecule has 24 valence electrons. The van der Waals surface area contributed by atoms with Crippen molar-refractivity contribution in [3.63, 3.8) is 0 Å². The van der Waals surface area contributed by atoms with Crippen molar-refractivity contribution in [3.05, 3.63) is 0 Å². The van der Waals surface area contributed by atoms with Gasteiger partial charge in [0.25, 0.3) is 0 Å². The molecule has 0 aromatic heterocycles. The van der Waals surface area contributed by atoms with Crippen LogP contribution in [0, 0.1) is 0 Å². The van der Waals surface area contributed by atoms with Crippen molar-refractivity contribution < 1.29 is 5.11 Å². The smallest absolute Gasteiger partial charge is 0.0643 e. The Kier molecular flexibility index (Phi) is 3730. The Morgan fingerprint density at radius 3 is 1.25 bits per heavy atom. The molecule has 0 aromatic rings. The molecule has 0 bridgehead atoms. The lowest BCUT2D eigenvalue weighted by atomic mass is 9.81. The second-order valence-electron chi connectivity index (χ2n) is 0. The van der Waals surface area contributed by atoms with Crippen LogP contribution >= 0.6 is 0 Å². The van der Waals surface area contributed by atoms with Crippen LogP contribution in [0.25, 0.3) is 0 Å². The van der Waals surface area contributed by atoms with E-state index in [0.717, 1.165) is 7.11 Å². The van der Waals surface area contributed by atoms with Gasteiger partial charge in [0.1, 0.15) is 0 Å². The molecule has 3 heteroatoms. The summed E-state index contributed by atoms with van der Waals surface area (Å²) >= 11 is 0. The zero-order valence-corrected chi connectivity index (χ0v) is 3.45. The fraction of sp³-hybridized carbons (Fsp3) is 1.00. The van der Waals surface area contributed by atoms with Crippen molar-refractivity contribution in [2.45, 2.75) is 0 Å². The summed E-state index contributed by atoms with van der Waals surface area (Å²) in [6.07, 6.45) is 0. The van der Waals surface area contributed by atoms with Crippen LogP contribution < -0.4 is 0 Å². The highest BCUT2D eigenvalue weighted by Gasteiger charge is 1.06. The van der Waals surface area contributed by atoms with Gasteiger partial charge in [0.2, 0.25) is 0 Å². The fourth-order valence-corrected chi connectivity index (χ4v) is 0. The lowest BCUT2D eigenvalue weighted by Gasteiger charge is -1.21. The minimum atomic E-state index is 1.00. The molecule has 4 heavy (non-hydrogen) atoms. The zero-order chi connectivity index (χ0) is 4.00. The summed E-state index contributed by atoms with van der Waals surface area (Å²) in [6.45, 7) is 0. The maximum absolute atomic E-state index is 7.00. The van der Waals surface area contributed by atoms with Crippen LogP contribution in [0.15, 0.2) is 0 Å². The third kappa shape index (κ3) is 307. The number of rotatable bonds is 0. The van der Waals surface area contributed by atoms with Gasteiger partial charge in [-0.3, -0.25) is 0 Å². The average Bonchev–Trinajstić information content (AvgIpc) is 1.50. The van der Waals surface area contributed by atoms with Crippen LogP contribution in [0.5, 0.6) is 0 Å². The number of hydrogen-bond acceptors (Lipinski definition) is 1. The summed E-state index contributed by atoms with van der Waals surface area (Å²) in [4.78, 5) is 0. The Hall–Kier alpha value is 0.0899. The molecule has 0 fully saturated rings. The Morgan fingerprint density at radius 1 is 1.25 bits per heavy atom. The summed E-state index contributed by atoms with van der Waals surface area (Å²) in [7, 11) is 5.00. The van der Waals surface area contributed by atoms with E-state index in [0.29, 0.717) is 0 Å². The summed E-state index contributed by atoms with van der Waals surface area (Å²) in [6, 6.07) is 0. The lowest BCUT2D eigenvalue weighted by molar-refractivity contribution is 0.399. The largest absolute Gasteiger partial charge is 0.400 e. The van der Waals surface area contributed by atoms with E-state index in [2.05, 4.69) is 0 Å². The molecule has 0 saturated carbocycles. The first-order chi connectivity index (χ1) is 2.00. The highest BCUT2D eigenvalue weighted by Crippen LogP contribution is 0.755. The van der Waals surface area contributed by atoms with Crippen molar-refractivity contribution >= 4 is 15.5 Å². The maximum atomic E-state index is 7.00. The van der Waals surface area contributed by atoms with Crippen LogP contribution in [-0.4, -0.2) is 27.7 Å². The van der Waals surface area contributed by atoms with Crippen LogP contribution in [-0.2, 0) is 0 Å². The Labute approximate surface area is 28.8 Å². The second kappa shape index (κ2) is 1670. The molecule has 0 saturated heterocycles. The standard InChI is InChI=1S/CH4O.B2H4/c2*1-2/h2H,1H3;1-2H2. The van der Waals surface area contributed by atoms with E-state index < -0.39 is 0 Å². The van der Waals surface area contributed by atoms with Gasteiger partial charge in [-0.05, 0) is 0 Å². The molecule has 0 radical (unpaired) electrons. The molecule has 0 aliphatic heterocycles. The summed E-state index contributed by atoms with van der Waals surface area (Å²) in [5.74, 6) is 0. The van der Waals surface area contributed by atoms with Crippen molar-refractivity contribution in [1.29, 1.82) is 0 Å². The molecule has 0 atom stereocenters. The quantitative estimate of drug-likeness (QED) is 0.312. The number of hydrogen-bond donors (Lipinski definition) is 1. The number of aliphatic hydroxyl groups excluding tert-OH is 1. The average molecular weight is 57.7 g/mol. The van der Waals surface area contributed by atoms with Gasteiger partial charge in [0.05, 0.1) is 15.5 Å². The minimum Gasteiger partial charge on any atom is -0.400 e. The molecular weight excluding hydrogens is 49.6 g/mol. The predicted octanol–water partition coefficient (Wildman–Crippen LogP) is -2.22. The summed E-state index contributed by atoms with van der Waals surface area (Å²) in [5.41, 5.74) is 0. The molecule has 0 aliphatic rings. The van der Waals surface area contributed by atoms with Crippen LogP contribution in [0.4, 0.5) is 0 Å². The molecule has 0 unspecified atom stereocenters. The second-order valence-corrected chi connectivity index (χ2v) is 0. The van der Waals surface area contributed by atoms with E-state index >= 15 is 0 Å². The Balaban J connectivity index is 0. The van der Waals surface area contributed by atoms with Crippen molar-refractivity contribution in [2.75, 3.05) is 7.11 Å². The van der Waals surface area contributed by atoms with Gasteiger partial charge in [0, 0.05) is 7.11 Å². The molecular formula is CH8B2O. The summed E-state index contributed by atoms with van der Waals surface area (Å²) in [5, 5.41) is 7.00. The Bertz CT molecular complexity index is 6.00. The van der Waals surface area contributed by atoms with E-state index in [1.807, 2.05) is 15.5 Å². The molecule has 1 nitrogen and oxygen atoms in total. The maximum Gasteiger partial charge on any atom is 0.0643 e. The first-order valence-electron chi connectivity index (χ1n) is 1.45.